The monoisotopic (exact) mass is 279 g/mol. The van der Waals surface area contributed by atoms with Gasteiger partial charge in [0.15, 0.2) is 0 Å². The molecule has 0 saturated heterocycles. The first-order valence-electron chi connectivity index (χ1n) is 8.11. The molecule has 2 aliphatic rings. The SMILES string of the molecule is COCCNC/C(=C/C1CCC=CO1)C1CCCCC1. The molecule has 1 aliphatic carbocycles. The van der Waals surface area contributed by atoms with Gasteiger partial charge in [-0.25, -0.2) is 0 Å². The molecule has 0 bridgehead atoms. The van der Waals surface area contributed by atoms with E-state index < -0.39 is 0 Å². The van der Waals surface area contributed by atoms with Crippen LogP contribution in [0.15, 0.2) is 24.0 Å². The zero-order chi connectivity index (χ0) is 14.0. The molecule has 0 aromatic rings. The Labute approximate surface area is 123 Å². The van der Waals surface area contributed by atoms with E-state index in [0.29, 0.717) is 0 Å². The molecule has 114 valence electrons. The third-order valence-electron chi connectivity index (χ3n) is 4.31. The lowest BCUT2D eigenvalue weighted by atomic mass is 9.83. The molecule has 1 aliphatic heterocycles. The van der Waals surface area contributed by atoms with Gasteiger partial charge in [-0.1, -0.05) is 24.8 Å². The van der Waals surface area contributed by atoms with Gasteiger partial charge in [-0.3, -0.25) is 0 Å². The quantitative estimate of drug-likeness (QED) is 0.572. The van der Waals surface area contributed by atoms with Crippen LogP contribution in [0.1, 0.15) is 44.9 Å². The number of hydrogen-bond acceptors (Lipinski definition) is 3. The normalized spacial score (nSPS) is 24.6. The van der Waals surface area contributed by atoms with Gasteiger partial charge in [0.1, 0.15) is 6.10 Å². The summed E-state index contributed by atoms with van der Waals surface area (Å²) in [7, 11) is 1.75. The fourth-order valence-electron chi connectivity index (χ4n) is 3.13. The predicted octanol–water partition coefficient (Wildman–Crippen LogP) is 3.42. The largest absolute Gasteiger partial charge is 0.494 e. The highest BCUT2D eigenvalue weighted by molar-refractivity contribution is 5.13. The van der Waals surface area contributed by atoms with Crippen LogP contribution in [0.3, 0.4) is 0 Å². The van der Waals surface area contributed by atoms with Crippen molar-refractivity contribution in [2.45, 2.75) is 51.0 Å². The maximum atomic E-state index is 5.72. The van der Waals surface area contributed by atoms with Gasteiger partial charge >= 0.3 is 0 Å². The summed E-state index contributed by atoms with van der Waals surface area (Å²) < 4.78 is 10.8. The molecule has 3 nitrogen and oxygen atoms in total. The lowest BCUT2D eigenvalue weighted by molar-refractivity contribution is 0.163. The lowest BCUT2D eigenvalue weighted by Gasteiger charge is -2.27. The molecule has 1 saturated carbocycles. The Morgan fingerprint density at radius 3 is 2.85 bits per heavy atom. The number of methoxy groups -OCH3 is 1. The van der Waals surface area contributed by atoms with E-state index in [4.69, 9.17) is 9.47 Å². The van der Waals surface area contributed by atoms with Crippen LogP contribution in [-0.2, 0) is 9.47 Å². The molecule has 3 heteroatoms. The molecule has 1 atom stereocenters. The zero-order valence-electron chi connectivity index (χ0n) is 12.8. The van der Waals surface area contributed by atoms with E-state index >= 15 is 0 Å². The van der Waals surface area contributed by atoms with Crippen LogP contribution < -0.4 is 5.32 Å². The van der Waals surface area contributed by atoms with E-state index in [1.807, 2.05) is 6.26 Å². The van der Waals surface area contributed by atoms with Crippen LogP contribution in [0.25, 0.3) is 0 Å². The first kappa shape index (κ1) is 15.6. The number of ether oxygens (including phenoxy) is 2. The van der Waals surface area contributed by atoms with E-state index in [9.17, 15) is 0 Å². The molecule has 2 rings (SSSR count). The Bertz CT molecular complexity index is 319. The van der Waals surface area contributed by atoms with Gasteiger partial charge in [-0.05, 0) is 43.8 Å². The van der Waals surface area contributed by atoms with Crippen molar-refractivity contribution in [3.63, 3.8) is 0 Å². The fraction of sp³-hybridized carbons (Fsp3) is 0.765. The minimum Gasteiger partial charge on any atom is -0.494 e. The predicted molar refractivity (Wildman–Crippen MR) is 82.7 cm³/mol. The Kier molecular flexibility index (Phi) is 7.16. The van der Waals surface area contributed by atoms with Crippen LogP contribution in [0.2, 0.25) is 0 Å². The standard InChI is InChI=1S/C17H29NO2/c1-19-12-10-18-14-16(15-7-3-2-4-8-15)13-17-9-5-6-11-20-17/h6,11,13,15,17-18H,2-5,7-10,12,14H2,1H3/b16-13-. The van der Waals surface area contributed by atoms with Crippen molar-refractivity contribution >= 4 is 0 Å². The van der Waals surface area contributed by atoms with Gasteiger partial charge in [0.25, 0.3) is 0 Å². The van der Waals surface area contributed by atoms with E-state index in [2.05, 4.69) is 17.5 Å². The Balaban J connectivity index is 1.90. The lowest BCUT2D eigenvalue weighted by Crippen LogP contribution is -2.26. The van der Waals surface area contributed by atoms with Crippen molar-refractivity contribution in [1.29, 1.82) is 0 Å². The Morgan fingerprint density at radius 1 is 1.30 bits per heavy atom. The van der Waals surface area contributed by atoms with Gasteiger partial charge in [0.2, 0.25) is 0 Å². The minimum absolute atomic E-state index is 0.279. The van der Waals surface area contributed by atoms with Crippen molar-refractivity contribution < 1.29 is 9.47 Å². The average Bonchev–Trinajstić information content (AvgIpc) is 2.52. The van der Waals surface area contributed by atoms with Crippen LogP contribution in [-0.4, -0.2) is 32.9 Å². The maximum absolute atomic E-state index is 5.72. The van der Waals surface area contributed by atoms with Crippen LogP contribution in [0.4, 0.5) is 0 Å². The number of nitrogens with one attached hydrogen (secondary N) is 1. The Hall–Kier alpha value is -0.800. The molecule has 20 heavy (non-hydrogen) atoms. The molecule has 1 N–H and O–H groups in total. The molecule has 1 unspecified atom stereocenters. The molecule has 0 aromatic carbocycles. The highest BCUT2D eigenvalue weighted by atomic mass is 16.5. The second kappa shape index (κ2) is 9.19. The summed E-state index contributed by atoms with van der Waals surface area (Å²) in [4.78, 5) is 0. The third-order valence-corrected chi connectivity index (χ3v) is 4.31. The minimum atomic E-state index is 0.279. The molecule has 0 amide bonds. The summed E-state index contributed by atoms with van der Waals surface area (Å²) in [6, 6.07) is 0. The van der Waals surface area contributed by atoms with Crippen molar-refractivity contribution in [3.8, 4) is 0 Å². The summed E-state index contributed by atoms with van der Waals surface area (Å²) >= 11 is 0. The van der Waals surface area contributed by atoms with Gasteiger partial charge in [0.05, 0.1) is 12.9 Å². The van der Waals surface area contributed by atoms with Crippen molar-refractivity contribution in [2.75, 3.05) is 26.8 Å². The Morgan fingerprint density at radius 2 is 2.15 bits per heavy atom. The van der Waals surface area contributed by atoms with E-state index in [1.165, 1.54) is 32.1 Å². The van der Waals surface area contributed by atoms with E-state index in [0.717, 1.165) is 38.5 Å². The first-order chi connectivity index (χ1) is 9.90. The number of allylic oxidation sites excluding steroid dienone is 1. The molecule has 0 radical (unpaired) electrons. The van der Waals surface area contributed by atoms with Gasteiger partial charge in [-0.15, -0.1) is 0 Å². The molecule has 0 spiro atoms. The van der Waals surface area contributed by atoms with Crippen molar-refractivity contribution in [3.05, 3.63) is 24.0 Å². The summed E-state index contributed by atoms with van der Waals surface area (Å²) in [6.07, 6.45) is 15.8. The van der Waals surface area contributed by atoms with E-state index in [1.54, 1.807) is 12.7 Å². The number of rotatable bonds is 7. The molecule has 0 aromatic heterocycles. The summed E-state index contributed by atoms with van der Waals surface area (Å²) in [5.41, 5.74) is 1.56. The molecular weight excluding hydrogens is 250 g/mol. The number of hydrogen-bond donors (Lipinski definition) is 1. The maximum Gasteiger partial charge on any atom is 0.117 e. The highest BCUT2D eigenvalue weighted by Crippen LogP contribution is 2.30. The fourth-order valence-corrected chi connectivity index (χ4v) is 3.13. The smallest absolute Gasteiger partial charge is 0.117 e. The first-order valence-corrected chi connectivity index (χ1v) is 8.11. The zero-order valence-corrected chi connectivity index (χ0v) is 12.8. The van der Waals surface area contributed by atoms with Gasteiger partial charge in [0, 0.05) is 20.2 Å². The summed E-state index contributed by atoms with van der Waals surface area (Å²) in [5.74, 6) is 0.758. The summed E-state index contributed by atoms with van der Waals surface area (Å²) in [6.45, 7) is 2.68. The molecular formula is C17H29NO2. The van der Waals surface area contributed by atoms with Gasteiger partial charge < -0.3 is 14.8 Å². The van der Waals surface area contributed by atoms with Crippen LogP contribution in [0.5, 0.6) is 0 Å². The van der Waals surface area contributed by atoms with Crippen molar-refractivity contribution in [2.24, 2.45) is 5.92 Å². The summed E-state index contributed by atoms with van der Waals surface area (Å²) in [5, 5.41) is 3.51. The topological polar surface area (TPSA) is 30.5 Å². The highest BCUT2D eigenvalue weighted by Gasteiger charge is 2.19. The second-order valence-corrected chi connectivity index (χ2v) is 5.87. The van der Waals surface area contributed by atoms with E-state index in [-0.39, 0.29) is 6.10 Å². The van der Waals surface area contributed by atoms with Crippen molar-refractivity contribution in [1.82, 2.24) is 5.32 Å². The van der Waals surface area contributed by atoms with Crippen LogP contribution in [0, 0.1) is 5.92 Å². The molecule has 1 fully saturated rings. The molecule has 1 heterocycles. The second-order valence-electron chi connectivity index (χ2n) is 5.87. The third kappa shape index (κ3) is 5.29. The van der Waals surface area contributed by atoms with Gasteiger partial charge in [-0.2, -0.15) is 0 Å². The average molecular weight is 279 g/mol. The van der Waals surface area contributed by atoms with Crippen LogP contribution >= 0.6 is 0 Å².